The molecule has 1 aliphatic carbocycles. The van der Waals surface area contributed by atoms with Crippen molar-refractivity contribution in [1.82, 2.24) is 24.3 Å². The fourth-order valence-electron chi connectivity index (χ4n) is 2.92. The molecule has 140 valence electrons. The number of sulfonamides is 1. The SMILES string of the molecule is O=S(=O)(c1c(Cl)ccnc1Cl)N1CCN(Cc2noc(C3CC3)n2)CC1. The number of nitrogens with zero attached hydrogens (tertiary/aromatic N) is 5. The molecule has 2 fully saturated rings. The Kier molecular flexibility index (Phi) is 4.91. The molecule has 8 nitrogen and oxygen atoms in total. The quantitative estimate of drug-likeness (QED) is 0.687. The molecule has 26 heavy (non-hydrogen) atoms. The molecule has 0 aromatic carbocycles. The highest BCUT2D eigenvalue weighted by atomic mass is 35.5. The number of pyridine rings is 1. The molecule has 0 amide bonds. The molecule has 1 saturated carbocycles. The van der Waals surface area contributed by atoms with Crippen LogP contribution in [0.15, 0.2) is 21.7 Å². The van der Waals surface area contributed by atoms with Crippen molar-refractivity contribution in [3.63, 3.8) is 0 Å². The predicted octanol–water partition coefficient (Wildman–Crippen LogP) is 2.16. The smallest absolute Gasteiger partial charge is 0.247 e. The summed E-state index contributed by atoms with van der Waals surface area (Å²) in [7, 11) is -3.79. The van der Waals surface area contributed by atoms with Crippen molar-refractivity contribution in [2.24, 2.45) is 0 Å². The molecular formula is C15H17Cl2N5O3S. The summed E-state index contributed by atoms with van der Waals surface area (Å²) in [6, 6.07) is 1.42. The second-order valence-corrected chi connectivity index (χ2v) is 9.06. The van der Waals surface area contributed by atoms with Crippen LogP contribution < -0.4 is 0 Å². The van der Waals surface area contributed by atoms with Crippen molar-refractivity contribution in [2.75, 3.05) is 26.2 Å². The summed E-state index contributed by atoms with van der Waals surface area (Å²) in [5, 5.41) is 3.97. The first-order valence-electron chi connectivity index (χ1n) is 8.30. The highest BCUT2D eigenvalue weighted by molar-refractivity contribution is 7.89. The number of halogens is 2. The Morgan fingerprint density at radius 3 is 2.58 bits per heavy atom. The molecule has 0 radical (unpaired) electrons. The average molecular weight is 418 g/mol. The van der Waals surface area contributed by atoms with Gasteiger partial charge >= 0.3 is 0 Å². The molecule has 2 aromatic rings. The van der Waals surface area contributed by atoms with Crippen LogP contribution in [0.2, 0.25) is 10.2 Å². The van der Waals surface area contributed by atoms with Crippen LogP contribution in [0.5, 0.6) is 0 Å². The largest absolute Gasteiger partial charge is 0.339 e. The molecule has 3 heterocycles. The van der Waals surface area contributed by atoms with Crippen LogP contribution >= 0.6 is 23.2 Å². The fraction of sp³-hybridized carbons (Fsp3) is 0.533. The number of hydrogen-bond donors (Lipinski definition) is 0. The van der Waals surface area contributed by atoms with Crippen molar-refractivity contribution in [3.8, 4) is 0 Å². The third-order valence-corrected chi connectivity index (χ3v) is 7.32. The van der Waals surface area contributed by atoms with Gasteiger partial charge in [0.1, 0.15) is 4.90 Å². The highest BCUT2D eigenvalue weighted by Gasteiger charge is 2.33. The second kappa shape index (κ2) is 7.05. The molecular weight excluding hydrogens is 401 g/mol. The lowest BCUT2D eigenvalue weighted by Gasteiger charge is -2.33. The van der Waals surface area contributed by atoms with Gasteiger partial charge in [0.15, 0.2) is 11.0 Å². The Hall–Kier alpha value is -1.26. The molecule has 4 rings (SSSR count). The summed E-state index contributed by atoms with van der Waals surface area (Å²) >= 11 is 12.0. The maximum absolute atomic E-state index is 12.8. The Bertz CT molecular complexity index is 888. The van der Waals surface area contributed by atoms with Crippen LogP contribution in [-0.2, 0) is 16.6 Å². The van der Waals surface area contributed by atoms with Gasteiger partial charge in [0, 0.05) is 38.3 Å². The first-order chi connectivity index (χ1) is 12.4. The summed E-state index contributed by atoms with van der Waals surface area (Å²) in [5.74, 6) is 1.77. The monoisotopic (exact) mass is 417 g/mol. The molecule has 0 unspecified atom stereocenters. The van der Waals surface area contributed by atoms with Crippen LogP contribution in [-0.4, -0.2) is 58.9 Å². The van der Waals surface area contributed by atoms with Crippen LogP contribution in [0, 0.1) is 0 Å². The topological polar surface area (TPSA) is 92.4 Å². The third kappa shape index (κ3) is 3.59. The van der Waals surface area contributed by atoms with E-state index in [0.29, 0.717) is 50.4 Å². The van der Waals surface area contributed by atoms with E-state index >= 15 is 0 Å². The van der Waals surface area contributed by atoms with Gasteiger partial charge in [-0.3, -0.25) is 4.90 Å². The third-order valence-electron chi connectivity index (χ3n) is 4.52. The van der Waals surface area contributed by atoms with E-state index in [1.165, 1.54) is 16.6 Å². The van der Waals surface area contributed by atoms with Gasteiger partial charge in [-0.2, -0.15) is 9.29 Å². The zero-order valence-corrected chi connectivity index (χ0v) is 16.1. The summed E-state index contributed by atoms with van der Waals surface area (Å²) < 4.78 is 32.3. The predicted molar refractivity (Wildman–Crippen MR) is 94.6 cm³/mol. The molecule has 0 spiro atoms. The molecule has 0 bridgehead atoms. The minimum Gasteiger partial charge on any atom is -0.339 e. The van der Waals surface area contributed by atoms with E-state index in [1.54, 1.807) is 0 Å². The lowest BCUT2D eigenvalue weighted by molar-refractivity contribution is 0.176. The van der Waals surface area contributed by atoms with Gasteiger partial charge in [0.2, 0.25) is 15.9 Å². The highest BCUT2D eigenvalue weighted by Crippen LogP contribution is 2.38. The molecule has 0 N–H and O–H groups in total. The van der Waals surface area contributed by atoms with Crippen molar-refractivity contribution in [1.29, 1.82) is 0 Å². The Balaban J connectivity index is 1.41. The van der Waals surface area contributed by atoms with E-state index in [-0.39, 0.29) is 15.1 Å². The zero-order valence-electron chi connectivity index (χ0n) is 13.8. The number of piperazine rings is 1. The Morgan fingerprint density at radius 1 is 1.19 bits per heavy atom. The number of aromatic nitrogens is 3. The molecule has 11 heteroatoms. The Labute approximate surface area is 161 Å². The zero-order chi connectivity index (χ0) is 18.3. The standard InChI is InChI=1S/C15H17Cl2N5O3S/c16-11-3-4-18-14(17)13(11)26(23,24)22-7-5-21(6-8-22)9-12-19-15(25-20-12)10-1-2-10/h3-4,10H,1-2,5-9H2. The normalized spacial score (nSPS) is 19.8. The summed E-state index contributed by atoms with van der Waals surface area (Å²) in [5.41, 5.74) is 0. The van der Waals surface area contributed by atoms with Gasteiger partial charge in [-0.1, -0.05) is 28.4 Å². The average Bonchev–Trinajstić information content (AvgIpc) is 3.35. The lowest BCUT2D eigenvalue weighted by Crippen LogP contribution is -2.48. The van der Waals surface area contributed by atoms with Gasteiger partial charge in [0.25, 0.3) is 0 Å². The molecule has 1 aliphatic heterocycles. The summed E-state index contributed by atoms with van der Waals surface area (Å²) in [6.07, 6.45) is 3.59. The van der Waals surface area contributed by atoms with Crippen LogP contribution in [0.3, 0.4) is 0 Å². The summed E-state index contributed by atoms with van der Waals surface area (Å²) in [4.78, 5) is 10.2. The van der Waals surface area contributed by atoms with Gasteiger partial charge in [0.05, 0.1) is 11.6 Å². The second-order valence-electron chi connectivity index (χ2n) is 6.42. The Morgan fingerprint density at radius 2 is 1.92 bits per heavy atom. The van der Waals surface area contributed by atoms with E-state index in [0.717, 1.165) is 12.8 Å². The molecule has 0 atom stereocenters. The molecule has 2 aliphatic rings. The first kappa shape index (κ1) is 18.1. The maximum Gasteiger partial charge on any atom is 0.247 e. The minimum absolute atomic E-state index is 0.0758. The van der Waals surface area contributed by atoms with Crippen molar-refractivity contribution in [2.45, 2.75) is 30.2 Å². The van der Waals surface area contributed by atoms with Gasteiger partial charge in [-0.15, -0.1) is 0 Å². The number of rotatable bonds is 5. The van der Waals surface area contributed by atoms with E-state index in [1.807, 2.05) is 0 Å². The number of hydrogen-bond acceptors (Lipinski definition) is 7. The van der Waals surface area contributed by atoms with Gasteiger partial charge < -0.3 is 4.52 Å². The van der Waals surface area contributed by atoms with E-state index < -0.39 is 10.0 Å². The fourth-order valence-corrected chi connectivity index (χ4v) is 5.34. The van der Waals surface area contributed by atoms with Crippen LogP contribution in [0.25, 0.3) is 0 Å². The first-order valence-corrected chi connectivity index (χ1v) is 10.5. The van der Waals surface area contributed by atoms with E-state index in [2.05, 4.69) is 20.0 Å². The van der Waals surface area contributed by atoms with Crippen molar-refractivity contribution < 1.29 is 12.9 Å². The van der Waals surface area contributed by atoms with Gasteiger partial charge in [-0.05, 0) is 18.9 Å². The van der Waals surface area contributed by atoms with Crippen molar-refractivity contribution >= 4 is 33.2 Å². The molecule has 2 aromatic heterocycles. The van der Waals surface area contributed by atoms with E-state index in [4.69, 9.17) is 27.7 Å². The minimum atomic E-state index is -3.79. The summed E-state index contributed by atoms with van der Waals surface area (Å²) in [6.45, 7) is 2.32. The lowest BCUT2D eigenvalue weighted by atomic mass is 10.3. The van der Waals surface area contributed by atoms with Crippen LogP contribution in [0.4, 0.5) is 0 Å². The van der Waals surface area contributed by atoms with Crippen LogP contribution in [0.1, 0.15) is 30.5 Å². The van der Waals surface area contributed by atoms with Crippen molar-refractivity contribution in [3.05, 3.63) is 34.2 Å². The van der Waals surface area contributed by atoms with Gasteiger partial charge in [-0.25, -0.2) is 13.4 Å². The molecule has 1 saturated heterocycles. The van der Waals surface area contributed by atoms with E-state index in [9.17, 15) is 8.42 Å². The maximum atomic E-state index is 12.8.